The zero-order valence-electron chi connectivity index (χ0n) is 12.1. The average molecular weight is 310 g/mol. The Hall–Kier alpha value is -1.62. The molecule has 1 heterocycles. The van der Waals surface area contributed by atoms with E-state index in [9.17, 15) is 9.59 Å². The molecular weight excluding hydrogens is 290 g/mol. The molecule has 2 N–H and O–H groups in total. The van der Waals surface area contributed by atoms with Crippen molar-refractivity contribution in [1.82, 2.24) is 15.6 Å². The van der Waals surface area contributed by atoms with Gasteiger partial charge in [0, 0.05) is 30.3 Å². The van der Waals surface area contributed by atoms with Gasteiger partial charge in [-0.2, -0.15) is 0 Å². The Labute approximate surface area is 129 Å². The van der Waals surface area contributed by atoms with Crippen molar-refractivity contribution in [2.45, 2.75) is 32.6 Å². The minimum absolute atomic E-state index is 0.0847. The van der Waals surface area contributed by atoms with Crippen molar-refractivity contribution in [1.29, 1.82) is 0 Å². The zero-order valence-corrected chi connectivity index (χ0v) is 12.9. The second-order valence-corrected chi connectivity index (χ2v) is 5.63. The number of nitrogens with one attached hydrogen (secondary N) is 2. The van der Waals surface area contributed by atoms with Crippen molar-refractivity contribution >= 4 is 23.4 Å². The molecular formula is C15H20ClN3O2. The van der Waals surface area contributed by atoms with Gasteiger partial charge in [0.25, 0.3) is 5.91 Å². The summed E-state index contributed by atoms with van der Waals surface area (Å²) in [5.74, 6) is 0.0788. The van der Waals surface area contributed by atoms with Crippen LogP contribution in [0.15, 0.2) is 12.1 Å². The zero-order chi connectivity index (χ0) is 15.2. The first-order chi connectivity index (χ1) is 10.1. The van der Waals surface area contributed by atoms with Gasteiger partial charge in [0.05, 0.1) is 0 Å². The van der Waals surface area contributed by atoms with Crippen molar-refractivity contribution in [3.05, 3.63) is 28.5 Å². The van der Waals surface area contributed by atoms with Gasteiger partial charge in [-0.05, 0) is 31.4 Å². The maximum atomic E-state index is 12.0. The van der Waals surface area contributed by atoms with Crippen LogP contribution in [-0.4, -0.2) is 29.9 Å². The van der Waals surface area contributed by atoms with Crippen LogP contribution in [0.25, 0.3) is 0 Å². The fourth-order valence-electron chi connectivity index (χ4n) is 2.02. The van der Waals surface area contributed by atoms with Gasteiger partial charge in [0.15, 0.2) is 0 Å². The van der Waals surface area contributed by atoms with Gasteiger partial charge in [-0.25, -0.2) is 4.98 Å². The molecule has 2 amide bonds. The largest absolute Gasteiger partial charge is 0.354 e. The van der Waals surface area contributed by atoms with Crippen LogP contribution >= 0.6 is 11.6 Å². The average Bonchev–Trinajstić information content (AvgIpc) is 3.27. The molecule has 1 saturated carbocycles. The van der Waals surface area contributed by atoms with Crippen LogP contribution in [-0.2, 0) is 11.2 Å². The Morgan fingerprint density at radius 3 is 2.67 bits per heavy atom. The first-order valence-corrected chi connectivity index (χ1v) is 7.70. The number of amides is 2. The molecule has 0 unspecified atom stereocenters. The SMILES string of the molecule is CCCc1cc(C(=O)NCCNC(=O)C2CC2)cc(Cl)n1. The van der Waals surface area contributed by atoms with E-state index < -0.39 is 0 Å². The number of hydrogen-bond acceptors (Lipinski definition) is 3. The van der Waals surface area contributed by atoms with E-state index in [1.54, 1.807) is 12.1 Å². The Morgan fingerprint density at radius 1 is 1.29 bits per heavy atom. The fourth-order valence-corrected chi connectivity index (χ4v) is 2.25. The second kappa shape index (κ2) is 7.41. The summed E-state index contributed by atoms with van der Waals surface area (Å²) in [6, 6.07) is 3.31. The maximum Gasteiger partial charge on any atom is 0.251 e. The summed E-state index contributed by atoms with van der Waals surface area (Å²) < 4.78 is 0. The Bertz CT molecular complexity index is 530. The third-order valence-corrected chi connectivity index (χ3v) is 3.47. The summed E-state index contributed by atoms with van der Waals surface area (Å²) in [7, 11) is 0. The number of pyridine rings is 1. The molecule has 0 radical (unpaired) electrons. The lowest BCUT2D eigenvalue weighted by Crippen LogP contribution is -2.35. The van der Waals surface area contributed by atoms with Crippen molar-refractivity contribution < 1.29 is 9.59 Å². The van der Waals surface area contributed by atoms with Crippen LogP contribution in [0.2, 0.25) is 5.15 Å². The van der Waals surface area contributed by atoms with Crippen LogP contribution in [0.4, 0.5) is 0 Å². The molecule has 1 aromatic rings. The molecule has 1 aromatic heterocycles. The molecule has 0 atom stereocenters. The minimum atomic E-state index is -0.197. The van der Waals surface area contributed by atoms with Crippen LogP contribution in [0.1, 0.15) is 42.2 Å². The Kier molecular flexibility index (Phi) is 5.56. The van der Waals surface area contributed by atoms with E-state index in [-0.39, 0.29) is 17.7 Å². The fraction of sp³-hybridized carbons (Fsp3) is 0.533. The van der Waals surface area contributed by atoms with E-state index in [1.165, 1.54) is 0 Å². The second-order valence-electron chi connectivity index (χ2n) is 5.24. The predicted molar refractivity (Wildman–Crippen MR) is 81.3 cm³/mol. The highest BCUT2D eigenvalue weighted by Gasteiger charge is 2.28. The molecule has 0 bridgehead atoms. The predicted octanol–water partition coefficient (Wildman–Crippen LogP) is 1.94. The van der Waals surface area contributed by atoms with E-state index >= 15 is 0 Å². The van der Waals surface area contributed by atoms with Crippen molar-refractivity contribution in [2.75, 3.05) is 13.1 Å². The van der Waals surface area contributed by atoms with E-state index in [2.05, 4.69) is 15.6 Å². The van der Waals surface area contributed by atoms with Crippen molar-refractivity contribution in [2.24, 2.45) is 5.92 Å². The number of hydrogen-bond donors (Lipinski definition) is 2. The molecule has 0 aromatic carbocycles. The highest BCUT2D eigenvalue weighted by molar-refractivity contribution is 6.29. The van der Waals surface area contributed by atoms with Crippen LogP contribution < -0.4 is 10.6 Å². The first kappa shape index (κ1) is 15.8. The van der Waals surface area contributed by atoms with Gasteiger partial charge in [0.1, 0.15) is 5.15 Å². The molecule has 114 valence electrons. The lowest BCUT2D eigenvalue weighted by molar-refractivity contribution is -0.122. The molecule has 2 rings (SSSR count). The lowest BCUT2D eigenvalue weighted by atomic mass is 10.1. The molecule has 0 saturated heterocycles. The summed E-state index contributed by atoms with van der Waals surface area (Å²) >= 11 is 5.93. The first-order valence-electron chi connectivity index (χ1n) is 7.32. The van der Waals surface area contributed by atoms with E-state index in [4.69, 9.17) is 11.6 Å². The highest BCUT2D eigenvalue weighted by atomic mass is 35.5. The van der Waals surface area contributed by atoms with Crippen LogP contribution in [0.3, 0.4) is 0 Å². The van der Waals surface area contributed by atoms with Gasteiger partial charge in [0.2, 0.25) is 5.91 Å². The number of halogens is 1. The molecule has 1 aliphatic rings. The smallest absolute Gasteiger partial charge is 0.251 e. The summed E-state index contributed by atoms with van der Waals surface area (Å²) in [5, 5.41) is 5.90. The molecule has 1 fully saturated rings. The molecule has 0 spiro atoms. The third-order valence-electron chi connectivity index (χ3n) is 3.27. The summed E-state index contributed by atoms with van der Waals surface area (Å²) in [4.78, 5) is 27.6. The maximum absolute atomic E-state index is 12.0. The number of aryl methyl sites for hydroxylation is 1. The quantitative estimate of drug-likeness (QED) is 0.597. The summed E-state index contributed by atoms with van der Waals surface area (Å²) in [6.45, 7) is 2.90. The van der Waals surface area contributed by atoms with Gasteiger partial charge in [-0.3, -0.25) is 9.59 Å². The Morgan fingerprint density at radius 2 is 2.00 bits per heavy atom. The normalized spacial score (nSPS) is 13.8. The van der Waals surface area contributed by atoms with Gasteiger partial charge >= 0.3 is 0 Å². The monoisotopic (exact) mass is 309 g/mol. The minimum Gasteiger partial charge on any atom is -0.354 e. The number of carbonyl (C=O) groups excluding carboxylic acids is 2. The van der Waals surface area contributed by atoms with E-state index in [1.807, 2.05) is 6.92 Å². The topological polar surface area (TPSA) is 71.1 Å². The molecule has 1 aliphatic carbocycles. The Balaban J connectivity index is 1.80. The molecule has 21 heavy (non-hydrogen) atoms. The van der Waals surface area contributed by atoms with Crippen LogP contribution in [0.5, 0.6) is 0 Å². The van der Waals surface area contributed by atoms with Crippen molar-refractivity contribution in [3.63, 3.8) is 0 Å². The van der Waals surface area contributed by atoms with Gasteiger partial charge in [-0.15, -0.1) is 0 Å². The lowest BCUT2D eigenvalue weighted by Gasteiger charge is -2.08. The van der Waals surface area contributed by atoms with Crippen molar-refractivity contribution in [3.8, 4) is 0 Å². The number of nitrogens with zero attached hydrogens (tertiary/aromatic N) is 1. The number of carbonyl (C=O) groups is 2. The number of rotatable bonds is 7. The van der Waals surface area contributed by atoms with E-state index in [0.29, 0.717) is 23.8 Å². The molecule has 0 aliphatic heterocycles. The molecule has 6 heteroatoms. The third kappa shape index (κ3) is 5.01. The van der Waals surface area contributed by atoms with Gasteiger partial charge in [-0.1, -0.05) is 24.9 Å². The summed E-state index contributed by atoms with van der Waals surface area (Å²) in [6.07, 6.45) is 3.70. The molecule has 5 nitrogen and oxygen atoms in total. The van der Waals surface area contributed by atoms with E-state index in [0.717, 1.165) is 31.4 Å². The number of aromatic nitrogens is 1. The highest BCUT2D eigenvalue weighted by Crippen LogP contribution is 2.28. The standard InChI is InChI=1S/C15H20ClN3O2/c1-2-3-12-8-11(9-13(16)19-12)15(21)18-7-6-17-14(20)10-4-5-10/h8-10H,2-7H2,1H3,(H,17,20)(H,18,21). The van der Waals surface area contributed by atoms with Crippen LogP contribution in [0, 0.1) is 5.92 Å². The summed E-state index contributed by atoms with van der Waals surface area (Å²) in [5.41, 5.74) is 1.32. The van der Waals surface area contributed by atoms with Gasteiger partial charge < -0.3 is 10.6 Å².